The minimum absolute atomic E-state index is 0.0571. The number of amides is 1. The van der Waals surface area contributed by atoms with Crippen molar-refractivity contribution in [2.45, 2.75) is 52.2 Å². The number of carbonyl (C=O) groups is 1. The molecular formula is C21H23BrN4O. The Bertz CT molecular complexity index is 1010. The largest absolute Gasteiger partial charge is 0.331 e. The smallest absolute Gasteiger partial charge is 0.256 e. The van der Waals surface area contributed by atoms with Crippen LogP contribution < -0.4 is 0 Å². The Morgan fingerprint density at radius 2 is 2.11 bits per heavy atom. The second-order valence-corrected chi connectivity index (χ2v) is 8.43. The fourth-order valence-electron chi connectivity index (χ4n) is 3.40. The number of halogens is 1. The second-order valence-electron chi connectivity index (χ2n) is 7.51. The van der Waals surface area contributed by atoms with Crippen LogP contribution in [0.2, 0.25) is 0 Å². The van der Waals surface area contributed by atoms with Crippen LogP contribution in [0.3, 0.4) is 0 Å². The molecule has 1 aromatic carbocycles. The highest BCUT2D eigenvalue weighted by Gasteiger charge is 2.34. The maximum atomic E-state index is 13.4. The zero-order valence-electron chi connectivity index (χ0n) is 15.8. The number of carbonyl (C=O) groups excluding carboxylic acids is 1. The van der Waals surface area contributed by atoms with Crippen LogP contribution >= 0.6 is 15.9 Å². The molecule has 0 unspecified atom stereocenters. The third-order valence-electron chi connectivity index (χ3n) is 4.97. The lowest BCUT2D eigenvalue weighted by Crippen LogP contribution is -2.33. The normalized spacial score (nSPS) is 14.1. The van der Waals surface area contributed by atoms with Gasteiger partial charge in [-0.1, -0.05) is 28.1 Å². The van der Waals surface area contributed by atoms with E-state index in [9.17, 15) is 4.79 Å². The SMILES string of the molecule is Cc1nc2c(cnn2C(C)C)cc1C(=O)N(Cc1cccc(Br)c1)C1CC1. The van der Waals surface area contributed by atoms with Crippen molar-refractivity contribution in [2.24, 2.45) is 0 Å². The first-order valence-corrected chi connectivity index (χ1v) is 10.1. The van der Waals surface area contributed by atoms with Crippen molar-refractivity contribution in [1.82, 2.24) is 19.7 Å². The van der Waals surface area contributed by atoms with Gasteiger partial charge in [-0.25, -0.2) is 9.67 Å². The summed E-state index contributed by atoms with van der Waals surface area (Å²) in [5, 5.41) is 5.34. The van der Waals surface area contributed by atoms with E-state index < -0.39 is 0 Å². The quantitative estimate of drug-likeness (QED) is 0.583. The third kappa shape index (κ3) is 3.63. The second kappa shape index (κ2) is 7.08. The molecule has 0 N–H and O–H groups in total. The minimum Gasteiger partial charge on any atom is -0.331 e. The molecule has 1 amide bonds. The highest BCUT2D eigenvalue weighted by molar-refractivity contribution is 9.10. The van der Waals surface area contributed by atoms with Gasteiger partial charge in [0.25, 0.3) is 5.91 Å². The summed E-state index contributed by atoms with van der Waals surface area (Å²) in [7, 11) is 0. The summed E-state index contributed by atoms with van der Waals surface area (Å²) in [6.07, 6.45) is 3.94. The molecule has 1 saturated carbocycles. The molecule has 0 saturated heterocycles. The molecule has 2 heterocycles. The van der Waals surface area contributed by atoms with Gasteiger partial charge in [0.2, 0.25) is 0 Å². The number of benzene rings is 1. The van der Waals surface area contributed by atoms with Gasteiger partial charge in [0.15, 0.2) is 5.65 Å². The molecule has 3 aromatic rings. The first kappa shape index (κ1) is 18.2. The summed E-state index contributed by atoms with van der Waals surface area (Å²) in [5.74, 6) is 0.0571. The molecule has 1 aliphatic rings. The average molecular weight is 427 g/mol. The van der Waals surface area contributed by atoms with E-state index in [1.54, 1.807) is 6.20 Å². The number of nitrogens with zero attached hydrogens (tertiary/aromatic N) is 4. The highest BCUT2D eigenvalue weighted by Crippen LogP contribution is 2.31. The average Bonchev–Trinajstić information content (AvgIpc) is 3.38. The monoisotopic (exact) mass is 426 g/mol. The Balaban J connectivity index is 1.68. The topological polar surface area (TPSA) is 51.0 Å². The lowest BCUT2D eigenvalue weighted by Gasteiger charge is -2.23. The molecule has 0 atom stereocenters. The van der Waals surface area contributed by atoms with Crippen LogP contribution in [0.5, 0.6) is 0 Å². The Morgan fingerprint density at radius 3 is 2.78 bits per heavy atom. The maximum absolute atomic E-state index is 13.4. The molecule has 27 heavy (non-hydrogen) atoms. The molecule has 5 nitrogen and oxygen atoms in total. The van der Waals surface area contributed by atoms with Crippen LogP contribution in [-0.4, -0.2) is 31.6 Å². The van der Waals surface area contributed by atoms with Gasteiger partial charge in [0, 0.05) is 28.5 Å². The summed E-state index contributed by atoms with van der Waals surface area (Å²) in [5.41, 5.74) is 3.40. The van der Waals surface area contributed by atoms with Crippen molar-refractivity contribution in [1.29, 1.82) is 0 Å². The maximum Gasteiger partial charge on any atom is 0.256 e. The number of aromatic nitrogens is 3. The van der Waals surface area contributed by atoms with Gasteiger partial charge in [-0.2, -0.15) is 5.10 Å². The van der Waals surface area contributed by atoms with E-state index in [-0.39, 0.29) is 11.9 Å². The zero-order valence-corrected chi connectivity index (χ0v) is 17.4. The van der Waals surface area contributed by atoms with Crippen molar-refractivity contribution >= 4 is 32.9 Å². The molecule has 140 valence electrons. The van der Waals surface area contributed by atoms with E-state index in [4.69, 9.17) is 4.98 Å². The van der Waals surface area contributed by atoms with Crippen molar-refractivity contribution < 1.29 is 4.79 Å². The van der Waals surface area contributed by atoms with Crippen LogP contribution in [0.4, 0.5) is 0 Å². The third-order valence-corrected chi connectivity index (χ3v) is 5.46. The molecule has 1 aliphatic carbocycles. The van der Waals surface area contributed by atoms with Gasteiger partial charge < -0.3 is 4.90 Å². The standard InChI is InChI=1S/C21H23BrN4O/c1-13(2)26-20-16(11-23-26)10-19(14(3)24-20)21(27)25(18-7-8-18)12-15-5-4-6-17(22)9-15/h4-6,9-11,13,18H,7-8,12H2,1-3H3. The summed E-state index contributed by atoms with van der Waals surface area (Å²) in [6, 6.07) is 10.6. The van der Waals surface area contributed by atoms with Gasteiger partial charge in [-0.05, 0) is 57.4 Å². The first-order chi connectivity index (χ1) is 12.9. The van der Waals surface area contributed by atoms with Gasteiger partial charge in [0.05, 0.1) is 17.5 Å². The van der Waals surface area contributed by atoms with Gasteiger partial charge in [-0.3, -0.25) is 4.79 Å². The van der Waals surface area contributed by atoms with Crippen LogP contribution in [-0.2, 0) is 6.54 Å². The fourth-order valence-corrected chi connectivity index (χ4v) is 3.85. The molecular weight excluding hydrogens is 404 g/mol. The predicted molar refractivity (Wildman–Crippen MR) is 110 cm³/mol. The molecule has 0 radical (unpaired) electrons. The van der Waals surface area contributed by atoms with Crippen molar-refractivity contribution in [3.05, 3.63) is 57.8 Å². The van der Waals surface area contributed by atoms with E-state index in [0.717, 1.165) is 39.6 Å². The number of fused-ring (bicyclic) bond motifs is 1. The lowest BCUT2D eigenvalue weighted by atomic mass is 10.1. The number of aryl methyl sites for hydroxylation is 1. The van der Waals surface area contributed by atoms with E-state index in [0.29, 0.717) is 18.2 Å². The number of hydrogen-bond donors (Lipinski definition) is 0. The number of rotatable bonds is 5. The summed E-state index contributed by atoms with van der Waals surface area (Å²) >= 11 is 3.52. The van der Waals surface area contributed by atoms with Crippen LogP contribution in [0, 0.1) is 6.92 Å². The van der Waals surface area contributed by atoms with Crippen LogP contribution in [0.15, 0.2) is 41.0 Å². The van der Waals surface area contributed by atoms with Crippen molar-refractivity contribution in [3.63, 3.8) is 0 Å². The van der Waals surface area contributed by atoms with Gasteiger partial charge in [0.1, 0.15) is 0 Å². The first-order valence-electron chi connectivity index (χ1n) is 9.34. The number of pyridine rings is 1. The number of hydrogen-bond acceptors (Lipinski definition) is 3. The molecule has 0 bridgehead atoms. The highest BCUT2D eigenvalue weighted by atomic mass is 79.9. The fraction of sp³-hybridized carbons (Fsp3) is 0.381. The molecule has 6 heteroatoms. The summed E-state index contributed by atoms with van der Waals surface area (Å²) in [4.78, 5) is 20.1. The minimum atomic E-state index is 0.0571. The lowest BCUT2D eigenvalue weighted by molar-refractivity contribution is 0.0729. The van der Waals surface area contributed by atoms with Crippen molar-refractivity contribution in [2.75, 3.05) is 0 Å². The van der Waals surface area contributed by atoms with E-state index in [1.165, 1.54) is 0 Å². The van der Waals surface area contributed by atoms with Crippen LogP contribution in [0.1, 0.15) is 54.3 Å². The molecule has 1 fully saturated rings. The van der Waals surface area contributed by atoms with Gasteiger partial charge in [-0.15, -0.1) is 0 Å². The Morgan fingerprint density at radius 1 is 1.33 bits per heavy atom. The summed E-state index contributed by atoms with van der Waals surface area (Å²) < 4.78 is 2.93. The molecule has 2 aromatic heterocycles. The van der Waals surface area contributed by atoms with E-state index in [2.05, 4.69) is 47.0 Å². The Kier molecular flexibility index (Phi) is 4.76. The van der Waals surface area contributed by atoms with Gasteiger partial charge >= 0.3 is 0 Å². The van der Waals surface area contributed by atoms with Crippen molar-refractivity contribution in [3.8, 4) is 0 Å². The molecule has 0 aliphatic heterocycles. The Labute approximate surface area is 167 Å². The predicted octanol–water partition coefficient (Wildman–Crippen LogP) is 4.89. The Hall–Kier alpha value is -2.21. The summed E-state index contributed by atoms with van der Waals surface area (Å²) in [6.45, 7) is 6.69. The van der Waals surface area contributed by atoms with E-state index >= 15 is 0 Å². The molecule has 0 spiro atoms. The zero-order chi connectivity index (χ0) is 19.1. The van der Waals surface area contributed by atoms with Crippen LogP contribution in [0.25, 0.3) is 11.0 Å². The van der Waals surface area contributed by atoms with E-state index in [1.807, 2.05) is 34.7 Å². The molecule has 4 rings (SSSR count).